The van der Waals surface area contributed by atoms with Gasteiger partial charge in [-0.3, -0.25) is 9.59 Å². The van der Waals surface area contributed by atoms with Crippen molar-refractivity contribution >= 4 is 17.6 Å². The number of anilines is 1. The highest BCUT2D eigenvalue weighted by Crippen LogP contribution is 2.24. The number of rotatable bonds is 5. The van der Waals surface area contributed by atoms with Crippen LogP contribution < -0.4 is 15.8 Å². The molecule has 0 aliphatic heterocycles. The third-order valence-electron chi connectivity index (χ3n) is 3.40. The molecule has 1 heterocycles. The predicted molar refractivity (Wildman–Crippen MR) is 92.0 cm³/mol. The molecule has 1 aromatic heterocycles. The van der Waals surface area contributed by atoms with Gasteiger partial charge in [0.2, 0.25) is 5.91 Å². The summed E-state index contributed by atoms with van der Waals surface area (Å²) < 4.78 is 5.45. The van der Waals surface area contributed by atoms with Crippen LogP contribution in [0.5, 0.6) is 5.75 Å². The predicted octanol–water partition coefficient (Wildman–Crippen LogP) is 2.50. The molecular formula is C18H21N3O3. The minimum absolute atomic E-state index is 0.0625. The number of carbonyl (C=O) groups excluding carboxylic acids is 2. The number of aromatic nitrogens is 1. The molecular weight excluding hydrogens is 306 g/mol. The number of pyridine rings is 1. The normalized spacial score (nSPS) is 11.0. The lowest BCUT2D eigenvalue weighted by Gasteiger charge is -2.19. The number of hydrogen-bond acceptors (Lipinski definition) is 4. The summed E-state index contributed by atoms with van der Waals surface area (Å²) >= 11 is 0. The van der Waals surface area contributed by atoms with E-state index in [1.54, 1.807) is 0 Å². The largest absolute Gasteiger partial charge is 0.484 e. The van der Waals surface area contributed by atoms with E-state index in [2.05, 4.69) is 31.1 Å². The van der Waals surface area contributed by atoms with Crippen LogP contribution in [0.25, 0.3) is 0 Å². The van der Waals surface area contributed by atoms with E-state index in [0.29, 0.717) is 5.75 Å². The average Bonchev–Trinajstić information content (AvgIpc) is 2.53. The summed E-state index contributed by atoms with van der Waals surface area (Å²) in [5, 5.41) is 2.56. The van der Waals surface area contributed by atoms with E-state index < -0.39 is 5.91 Å². The van der Waals surface area contributed by atoms with Crippen molar-refractivity contribution in [2.75, 3.05) is 11.9 Å². The zero-order chi connectivity index (χ0) is 17.7. The SMILES string of the molecule is CC(C)(C)c1ccc(OCC(=O)Nc2cc(C(N)=O)ccn2)cc1. The van der Waals surface area contributed by atoms with Crippen LogP contribution in [0.1, 0.15) is 36.7 Å². The van der Waals surface area contributed by atoms with Gasteiger partial charge in [-0.2, -0.15) is 0 Å². The smallest absolute Gasteiger partial charge is 0.263 e. The molecule has 0 fully saturated rings. The van der Waals surface area contributed by atoms with E-state index in [1.165, 1.54) is 23.9 Å². The highest BCUT2D eigenvalue weighted by atomic mass is 16.5. The topological polar surface area (TPSA) is 94.3 Å². The van der Waals surface area contributed by atoms with E-state index in [-0.39, 0.29) is 29.3 Å². The maximum Gasteiger partial charge on any atom is 0.263 e. The molecule has 0 atom stereocenters. The molecule has 0 bridgehead atoms. The van der Waals surface area contributed by atoms with Crippen molar-refractivity contribution in [1.82, 2.24) is 4.98 Å². The number of hydrogen-bond donors (Lipinski definition) is 2. The lowest BCUT2D eigenvalue weighted by Crippen LogP contribution is -2.21. The van der Waals surface area contributed by atoms with Gasteiger partial charge in [0.15, 0.2) is 6.61 Å². The highest BCUT2D eigenvalue weighted by molar-refractivity contribution is 5.95. The highest BCUT2D eigenvalue weighted by Gasteiger charge is 2.13. The second-order valence-electron chi connectivity index (χ2n) is 6.41. The van der Waals surface area contributed by atoms with Crippen LogP contribution in [0.15, 0.2) is 42.6 Å². The van der Waals surface area contributed by atoms with E-state index >= 15 is 0 Å². The molecule has 0 saturated heterocycles. The Balaban J connectivity index is 1.91. The zero-order valence-corrected chi connectivity index (χ0v) is 14.0. The fourth-order valence-electron chi connectivity index (χ4n) is 2.03. The number of amides is 2. The molecule has 2 aromatic rings. The van der Waals surface area contributed by atoms with Crippen molar-refractivity contribution in [3.63, 3.8) is 0 Å². The Kier molecular flexibility index (Phi) is 5.18. The van der Waals surface area contributed by atoms with E-state index in [9.17, 15) is 9.59 Å². The lowest BCUT2D eigenvalue weighted by molar-refractivity contribution is -0.118. The summed E-state index contributed by atoms with van der Waals surface area (Å²) in [6, 6.07) is 10.5. The number of primary amides is 1. The molecule has 6 heteroatoms. The quantitative estimate of drug-likeness (QED) is 0.882. The van der Waals surface area contributed by atoms with E-state index in [4.69, 9.17) is 10.5 Å². The first-order valence-corrected chi connectivity index (χ1v) is 7.55. The summed E-state index contributed by atoms with van der Waals surface area (Å²) in [5.41, 5.74) is 6.71. The molecule has 0 saturated carbocycles. The van der Waals surface area contributed by atoms with Gasteiger partial charge in [-0.15, -0.1) is 0 Å². The van der Waals surface area contributed by atoms with Crippen LogP contribution in [0.2, 0.25) is 0 Å². The van der Waals surface area contributed by atoms with Gasteiger partial charge in [-0.05, 0) is 35.2 Å². The van der Waals surface area contributed by atoms with Crippen LogP contribution >= 0.6 is 0 Å². The van der Waals surface area contributed by atoms with Crippen molar-refractivity contribution in [3.05, 3.63) is 53.7 Å². The molecule has 126 valence electrons. The molecule has 0 aliphatic rings. The van der Waals surface area contributed by atoms with Gasteiger partial charge < -0.3 is 15.8 Å². The standard InChI is InChI=1S/C18H21N3O3/c1-18(2,3)13-4-6-14(7-5-13)24-11-16(22)21-15-10-12(17(19)23)8-9-20-15/h4-10H,11H2,1-3H3,(H2,19,23)(H,20,21,22). The van der Waals surface area contributed by atoms with Gasteiger partial charge in [0.1, 0.15) is 11.6 Å². The Bertz CT molecular complexity index is 734. The second-order valence-corrected chi connectivity index (χ2v) is 6.41. The first-order valence-electron chi connectivity index (χ1n) is 7.55. The van der Waals surface area contributed by atoms with Crippen molar-refractivity contribution in [1.29, 1.82) is 0 Å². The summed E-state index contributed by atoms with van der Waals surface area (Å²) in [7, 11) is 0. The van der Waals surface area contributed by atoms with E-state index in [0.717, 1.165) is 0 Å². The molecule has 3 N–H and O–H groups in total. The summed E-state index contributed by atoms with van der Waals surface area (Å²) in [6.07, 6.45) is 1.40. The maximum absolute atomic E-state index is 11.9. The van der Waals surface area contributed by atoms with Crippen LogP contribution in [0.3, 0.4) is 0 Å². The minimum Gasteiger partial charge on any atom is -0.484 e. The third kappa shape index (κ3) is 4.81. The van der Waals surface area contributed by atoms with Crippen molar-refractivity contribution < 1.29 is 14.3 Å². The van der Waals surface area contributed by atoms with Crippen molar-refractivity contribution in [3.8, 4) is 5.75 Å². The van der Waals surface area contributed by atoms with Crippen molar-refractivity contribution in [2.24, 2.45) is 5.73 Å². The first kappa shape index (κ1) is 17.5. The molecule has 6 nitrogen and oxygen atoms in total. The fourth-order valence-corrected chi connectivity index (χ4v) is 2.03. The number of benzene rings is 1. The number of nitrogens with zero attached hydrogens (tertiary/aromatic N) is 1. The molecule has 0 spiro atoms. The third-order valence-corrected chi connectivity index (χ3v) is 3.40. The van der Waals surface area contributed by atoms with Crippen molar-refractivity contribution in [2.45, 2.75) is 26.2 Å². The Morgan fingerprint density at radius 2 is 1.83 bits per heavy atom. The monoisotopic (exact) mass is 327 g/mol. The van der Waals surface area contributed by atoms with Gasteiger partial charge in [0.25, 0.3) is 5.91 Å². The van der Waals surface area contributed by atoms with Crippen LogP contribution in [0, 0.1) is 0 Å². The zero-order valence-electron chi connectivity index (χ0n) is 14.0. The number of ether oxygens (including phenoxy) is 1. The first-order chi connectivity index (χ1) is 11.3. The Morgan fingerprint density at radius 3 is 2.42 bits per heavy atom. The summed E-state index contributed by atoms with van der Waals surface area (Å²) in [4.78, 5) is 27.0. The molecule has 0 radical (unpaired) electrons. The number of carbonyl (C=O) groups is 2. The Labute approximate surface area is 141 Å². The van der Waals surface area contributed by atoms with Gasteiger partial charge >= 0.3 is 0 Å². The Morgan fingerprint density at radius 1 is 1.17 bits per heavy atom. The van der Waals surface area contributed by atoms with Crippen LogP contribution in [-0.2, 0) is 10.2 Å². The minimum atomic E-state index is -0.580. The van der Waals surface area contributed by atoms with E-state index in [1.807, 2.05) is 24.3 Å². The maximum atomic E-state index is 11.9. The molecule has 2 amide bonds. The summed E-state index contributed by atoms with van der Waals surface area (Å²) in [6.45, 7) is 6.23. The summed E-state index contributed by atoms with van der Waals surface area (Å²) in [5.74, 6) is -0.0907. The van der Waals surface area contributed by atoms with Crippen LogP contribution in [0.4, 0.5) is 5.82 Å². The molecule has 24 heavy (non-hydrogen) atoms. The molecule has 0 aliphatic carbocycles. The molecule has 0 unspecified atom stereocenters. The lowest BCUT2D eigenvalue weighted by atomic mass is 9.87. The second kappa shape index (κ2) is 7.12. The number of nitrogens with two attached hydrogens (primary N) is 1. The Hall–Kier alpha value is -2.89. The van der Waals surface area contributed by atoms with Gasteiger partial charge in [0.05, 0.1) is 0 Å². The fraction of sp³-hybridized carbons (Fsp3) is 0.278. The van der Waals surface area contributed by atoms with Crippen LogP contribution in [-0.4, -0.2) is 23.4 Å². The van der Waals surface area contributed by atoms with Gasteiger partial charge in [0, 0.05) is 11.8 Å². The van der Waals surface area contributed by atoms with Gasteiger partial charge in [-0.1, -0.05) is 32.9 Å². The average molecular weight is 327 g/mol. The molecule has 2 rings (SSSR count). The number of nitrogens with one attached hydrogen (secondary N) is 1. The molecule has 1 aromatic carbocycles. The van der Waals surface area contributed by atoms with Gasteiger partial charge in [-0.25, -0.2) is 4.98 Å².